The molecule has 4 nitrogen and oxygen atoms in total. The van der Waals surface area contributed by atoms with Gasteiger partial charge in [-0.2, -0.15) is 0 Å². The molecule has 0 saturated carbocycles. The molecule has 0 aromatic carbocycles. The Labute approximate surface area is 112 Å². The molecule has 0 aromatic rings. The Balaban J connectivity index is 0. The van der Waals surface area contributed by atoms with Crippen molar-refractivity contribution in [3.8, 4) is 0 Å². The summed E-state index contributed by atoms with van der Waals surface area (Å²) in [7, 11) is 0. The molecule has 0 unspecified atom stereocenters. The van der Waals surface area contributed by atoms with Crippen LogP contribution in [0.1, 0.15) is 64.2 Å². The highest BCUT2D eigenvalue weighted by molar-refractivity contribution is 4.45. The van der Waals surface area contributed by atoms with Crippen molar-refractivity contribution in [3.63, 3.8) is 0 Å². The van der Waals surface area contributed by atoms with E-state index in [1.807, 2.05) is 0 Å². The SMILES string of the molecule is OCCCCCCCCCCO.OCCCCO. The van der Waals surface area contributed by atoms with Crippen molar-refractivity contribution in [3.05, 3.63) is 0 Å². The number of rotatable bonds is 12. The number of aliphatic hydroxyl groups is 4. The minimum atomic E-state index is 0.195. The van der Waals surface area contributed by atoms with Gasteiger partial charge < -0.3 is 20.4 Å². The molecule has 18 heavy (non-hydrogen) atoms. The third kappa shape index (κ3) is 24.9. The molecule has 0 aliphatic heterocycles. The zero-order chi connectivity index (χ0) is 13.9. The van der Waals surface area contributed by atoms with Gasteiger partial charge in [0.25, 0.3) is 0 Å². The first-order chi connectivity index (χ1) is 8.83. The highest BCUT2D eigenvalue weighted by Gasteiger charge is 1.90. The van der Waals surface area contributed by atoms with E-state index in [0.717, 1.165) is 38.5 Å². The highest BCUT2D eigenvalue weighted by atomic mass is 16.3. The van der Waals surface area contributed by atoms with Crippen molar-refractivity contribution in [2.75, 3.05) is 26.4 Å². The van der Waals surface area contributed by atoms with Gasteiger partial charge in [0.15, 0.2) is 0 Å². The average Bonchev–Trinajstić information content (AvgIpc) is 2.40. The Kier molecular flexibility index (Phi) is 24.7. The molecule has 0 amide bonds. The van der Waals surface area contributed by atoms with Gasteiger partial charge >= 0.3 is 0 Å². The molecule has 0 fully saturated rings. The maximum atomic E-state index is 8.51. The fourth-order valence-electron chi connectivity index (χ4n) is 1.51. The summed E-state index contributed by atoms with van der Waals surface area (Å²) in [5.74, 6) is 0. The first-order valence-corrected chi connectivity index (χ1v) is 7.26. The summed E-state index contributed by atoms with van der Waals surface area (Å²) in [4.78, 5) is 0. The predicted octanol–water partition coefficient (Wildman–Crippen LogP) is 1.84. The zero-order valence-electron chi connectivity index (χ0n) is 11.7. The van der Waals surface area contributed by atoms with Crippen LogP contribution in [0.2, 0.25) is 0 Å². The van der Waals surface area contributed by atoms with Crippen LogP contribution in [-0.4, -0.2) is 46.9 Å². The Morgan fingerprint density at radius 2 is 0.444 bits per heavy atom. The quantitative estimate of drug-likeness (QED) is 0.405. The van der Waals surface area contributed by atoms with Gasteiger partial charge in [0.05, 0.1) is 0 Å². The third-order valence-corrected chi connectivity index (χ3v) is 2.63. The molecule has 0 saturated heterocycles. The highest BCUT2D eigenvalue weighted by Crippen LogP contribution is 2.07. The standard InChI is InChI=1S/C10H22O2.C4H10O2/c11-9-7-5-3-1-2-4-6-8-10-12;5-3-1-2-4-6/h11-12H,1-10H2;5-6H,1-4H2. The Morgan fingerprint density at radius 3 is 0.667 bits per heavy atom. The van der Waals surface area contributed by atoms with Gasteiger partial charge in [-0.25, -0.2) is 0 Å². The summed E-state index contributed by atoms with van der Waals surface area (Å²) in [5.41, 5.74) is 0. The number of hydrogen-bond donors (Lipinski definition) is 4. The summed E-state index contributed by atoms with van der Waals surface area (Å²) < 4.78 is 0. The number of hydrogen-bond acceptors (Lipinski definition) is 4. The lowest BCUT2D eigenvalue weighted by Gasteiger charge is -1.99. The van der Waals surface area contributed by atoms with Crippen molar-refractivity contribution in [2.45, 2.75) is 64.2 Å². The molecule has 0 rings (SSSR count). The van der Waals surface area contributed by atoms with Crippen LogP contribution >= 0.6 is 0 Å². The zero-order valence-corrected chi connectivity index (χ0v) is 11.7. The summed E-state index contributed by atoms with van der Waals surface area (Å²) in [6.45, 7) is 1.07. The lowest BCUT2D eigenvalue weighted by Crippen LogP contribution is -1.85. The topological polar surface area (TPSA) is 80.9 Å². The van der Waals surface area contributed by atoms with Gasteiger partial charge in [-0.3, -0.25) is 0 Å². The van der Waals surface area contributed by atoms with Crippen molar-refractivity contribution >= 4 is 0 Å². The largest absolute Gasteiger partial charge is 0.396 e. The van der Waals surface area contributed by atoms with Crippen LogP contribution in [0.5, 0.6) is 0 Å². The second-order valence-electron chi connectivity index (χ2n) is 4.43. The fraction of sp³-hybridized carbons (Fsp3) is 1.00. The Hall–Kier alpha value is -0.160. The normalized spacial score (nSPS) is 10.0. The lowest BCUT2D eigenvalue weighted by atomic mass is 10.1. The molecule has 0 aromatic heterocycles. The molecule has 112 valence electrons. The van der Waals surface area contributed by atoms with E-state index in [1.54, 1.807) is 0 Å². The molecule has 0 aliphatic rings. The summed E-state index contributed by atoms with van der Waals surface area (Å²) >= 11 is 0. The smallest absolute Gasteiger partial charge is 0.0431 e. The summed E-state index contributed by atoms with van der Waals surface area (Å²) in [5, 5.41) is 33.2. The Bertz CT molecular complexity index is 106. The number of aliphatic hydroxyl groups excluding tert-OH is 4. The molecule has 0 radical (unpaired) electrons. The number of unbranched alkanes of at least 4 members (excludes halogenated alkanes) is 8. The van der Waals surface area contributed by atoms with Gasteiger partial charge in [-0.05, 0) is 25.7 Å². The van der Waals surface area contributed by atoms with Crippen LogP contribution < -0.4 is 0 Å². The van der Waals surface area contributed by atoms with Crippen LogP contribution in [0.25, 0.3) is 0 Å². The second-order valence-corrected chi connectivity index (χ2v) is 4.43. The van der Waals surface area contributed by atoms with Crippen molar-refractivity contribution in [2.24, 2.45) is 0 Å². The van der Waals surface area contributed by atoms with E-state index in [-0.39, 0.29) is 13.2 Å². The molecule has 0 bridgehead atoms. The molecule has 0 aliphatic carbocycles. The van der Waals surface area contributed by atoms with E-state index in [4.69, 9.17) is 20.4 Å². The second kappa shape index (κ2) is 22.1. The maximum Gasteiger partial charge on any atom is 0.0431 e. The summed E-state index contributed by atoms with van der Waals surface area (Å²) in [6.07, 6.45) is 10.7. The van der Waals surface area contributed by atoms with E-state index in [1.165, 1.54) is 25.7 Å². The van der Waals surface area contributed by atoms with Crippen molar-refractivity contribution in [1.29, 1.82) is 0 Å². The van der Waals surface area contributed by atoms with Gasteiger partial charge in [-0.15, -0.1) is 0 Å². The van der Waals surface area contributed by atoms with Crippen LogP contribution in [0.15, 0.2) is 0 Å². The van der Waals surface area contributed by atoms with Crippen LogP contribution in [-0.2, 0) is 0 Å². The van der Waals surface area contributed by atoms with Crippen LogP contribution in [0.4, 0.5) is 0 Å². The predicted molar refractivity (Wildman–Crippen MR) is 74.5 cm³/mol. The molecule has 4 heteroatoms. The molecule has 4 N–H and O–H groups in total. The average molecular weight is 264 g/mol. The minimum Gasteiger partial charge on any atom is -0.396 e. The van der Waals surface area contributed by atoms with Crippen LogP contribution in [0.3, 0.4) is 0 Å². The third-order valence-electron chi connectivity index (χ3n) is 2.63. The van der Waals surface area contributed by atoms with Crippen LogP contribution in [0, 0.1) is 0 Å². The molecule has 0 heterocycles. The minimum absolute atomic E-state index is 0.195. The van der Waals surface area contributed by atoms with E-state index in [2.05, 4.69) is 0 Å². The fourth-order valence-corrected chi connectivity index (χ4v) is 1.51. The van der Waals surface area contributed by atoms with Gasteiger partial charge in [0.2, 0.25) is 0 Å². The van der Waals surface area contributed by atoms with E-state index >= 15 is 0 Å². The van der Waals surface area contributed by atoms with E-state index in [9.17, 15) is 0 Å². The van der Waals surface area contributed by atoms with Gasteiger partial charge in [0.1, 0.15) is 0 Å². The monoisotopic (exact) mass is 264 g/mol. The maximum absolute atomic E-state index is 8.51. The molecular formula is C14H32O4. The van der Waals surface area contributed by atoms with Crippen molar-refractivity contribution in [1.82, 2.24) is 0 Å². The first-order valence-electron chi connectivity index (χ1n) is 7.26. The molecular weight excluding hydrogens is 232 g/mol. The summed E-state index contributed by atoms with van der Waals surface area (Å²) in [6, 6.07) is 0. The van der Waals surface area contributed by atoms with Crippen molar-refractivity contribution < 1.29 is 20.4 Å². The lowest BCUT2D eigenvalue weighted by molar-refractivity contribution is 0.242. The Morgan fingerprint density at radius 1 is 0.278 bits per heavy atom. The van der Waals surface area contributed by atoms with E-state index in [0.29, 0.717) is 13.2 Å². The van der Waals surface area contributed by atoms with Gasteiger partial charge in [-0.1, -0.05) is 38.5 Å². The van der Waals surface area contributed by atoms with E-state index < -0.39 is 0 Å². The molecule has 0 spiro atoms. The molecule has 0 atom stereocenters. The first kappa shape index (κ1) is 20.2. The van der Waals surface area contributed by atoms with Gasteiger partial charge in [0, 0.05) is 26.4 Å².